The van der Waals surface area contributed by atoms with Gasteiger partial charge in [0.05, 0.1) is 12.1 Å². The molecular weight excluding hydrogens is 216 g/mol. The summed E-state index contributed by atoms with van der Waals surface area (Å²) in [5, 5.41) is 5.15. The highest BCUT2D eigenvalue weighted by atomic mass is 16.5. The van der Waals surface area contributed by atoms with Crippen LogP contribution in [0.1, 0.15) is 16.9 Å². The Morgan fingerprint density at radius 2 is 2.24 bits per heavy atom. The van der Waals surface area contributed by atoms with Crippen LogP contribution in [0.5, 0.6) is 0 Å². The van der Waals surface area contributed by atoms with Gasteiger partial charge in [0, 0.05) is 18.9 Å². The van der Waals surface area contributed by atoms with Gasteiger partial charge in [-0.05, 0) is 12.1 Å². The maximum atomic E-state index is 12.2. The van der Waals surface area contributed by atoms with Crippen LogP contribution in [0.3, 0.4) is 0 Å². The highest BCUT2D eigenvalue weighted by molar-refractivity contribution is 6.13. The summed E-state index contributed by atoms with van der Waals surface area (Å²) in [6.45, 7) is 0.589. The van der Waals surface area contributed by atoms with Crippen LogP contribution in [0.4, 0.5) is 0 Å². The quantitative estimate of drug-likeness (QED) is 0.739. The van der Waals surface area contributed by atoms with Gasteiger partial charge in [0.25, 0.3) is 0 Å². The Bertz CT molecular complexity index is 625. The number of aryl methyl sites for hydroxylation is 1. The predicted octanol–water partition coefficient (Wildman–Crippen LogP) is 2.06. The Kier molecular flexibility index (Phi) is 2.21. The van der Waals surface area contributed by atoms with E-state index in [-0.39, 0.29) is 5.78 Å². The van der Waals surface area contributed by atoms with E-state index in [0.717, 1.165) is 17.3 Å². The molecule has 0 fully saturated rings. The van der Waals surface area contributed by atoms with Crippen molar-refractivity contribution in [3.8, 4) is 0 Å². The first-order chi connectivity index (χ1) is 8.27. The Morgan fingerprint density at radius 3 is 3.00 bits per heavy atom. The van der Waals surface area contributed by atoms with E-state index in [0.29, 0.717) is 18.1 Å². The molecule has 0 bridgehead atoms. The molecule has 2 aromatic rings. The minimum absolute atomic E-state index is 0.126. The van der Waals surface area contributed by atoms with Gasteiger partial charge in [-0.25, -0.2) is 0 Å². The van der Waals surface area contributed by atoms with Crippen molar-refractivity contribution in [2.75, 3.05) is 6.61 Å². The number of para-hydroxylation sites is 1. The number of carbonyl (C=O) groups excluding carboxylic acids is 1. The van der Waals surface area contributed by atoms with Crippen LogP contribution < -0.4 is 0 Å². The molecule has 17 heavy (non-hydrogen) atoms. The van der Waals surface area contributed by atoms with Gasteiger partial charge in [0.15, 0.2) is 5.76 Å². The summed E-state index contributed by atoms with van der Waals surface area (Å²) in [6.07, 6.45) is 2.62. The number of ketones is 1. The number of benzene rings is 1. The minimum Gasteiger partial charge on any atom is -0.489 e. The van der Waals surface area contributed by atoms with Crippen molar-refractivity contribution in [3.05, 3.63) is 41.8 Å². The van der Waals surface area contributed by atoms with Crippen LogP contribution in [0.2, 0.25) is 0 Å². The van der Waals surface area contributed by atoms with Crippen LogP contribution in [0, 0.1) is 0 Å². The maximum absolute atomic E-state index is 12.2. The number of ether oxygens (including phenoxy) is 1. The number of hydrogen-bond acceptors (Lipinski definition) is 3. The average molecular weight is 228 g/mol. The number of aromatic nitrogens is 2. The Morgan fingerprint density at radius 1 is 1.41 bits per heavy atom. The molecule has 2 heterocycles. The Hall–Kier alpha value is -2.10. The van der Waals surface area contributed by atoms with Crippen molar-refractivity contribution in [3.63, 3.8) is 0 Å². The largest absolute Gasteiger partial charge is 0.489 e. The lowest BCUT2D eigenvalue weighted by atomic mass is 10.1. The molecule has 0 spiro atoms. The molecule has 0 N–H and O–H groups in total. The molecule has 4 nitrogen and oxygen atoms in total. The molecule has 0 saturated heterocycles. The topological polar surface area (TPSA) is 44.1 Å². The van der Waals surface area contributed by atoms with E-state index in [4.69, 9.17) is 4.74 Å². The second-order valence-corrected chi connectivity index (χ2v) is 4.02. The highest BCUT2D eigenvalue weighted by Crippen LogP contribution is 2.22. The van der Waals surface area contributed by atoms with Crippen molar-refractivity contribution in [1.82, 2.24) is 9.78 Å². The molecule has 4 heteroatoms. The van der Waals surface area contributed by atoms with Gasteiger partial charge in [0.1, 0.15) is 5.69 Å². The van der Waals surface area contributed by atoms with E-state index in [9.17, 15) is 4.79 Å². The van der Waals surface area contributed by atoms with Crippen molar-refractivity contribution in [2.24, 2.45) is 7.05 Å². The summed E-state index contributed by atoms with van der Waals surface area (Å²) in [4.78, 5) is 12.2. The Balaban J connectivity index is 2.14. The summed E-state index contributed by atoms with van der Waals surface area (Å²) >= 11 is 0. The normalized spacial score (nSPS) is 14.8. The van der Waals surface area contributed by atoms with Crippen LogP contribution in [0.15, 0.2) is 36.1 Å². The first-order valence-corrected chi connectivity index (χ1v) is 5.57. The van der Waals surface area contributed by atoms with Crippen LogP contribution >= 0.6 is 0 Å². The maximum Gasteiger partial charge on any atom is 0.248 e. The zero-order chi connectivity index (χ0) is 11.8. The molecule has 0 radical (unpaired) electrons. The van der Waals surface area contributed by atoms with E-state index in [1.807, 2.05) is 37.4 Å². The minimum atomic E-state index is -0.126. The summed E-state index contributed by atoms with van der Waals surface area (Å²) < 4.78 is 7.01. The third kappa shape index (κ3) is 1.53. The average Bonchev–Trinajstić information content (AvgIpc) is 2.97. The number of nitrogens with zero attached hydrogens (tertiary/aromatic N) is 2. The van der Waals surface area contributed by atoms with Crippen LogP contribution in [-0.4, -0.2) is 22.2 Å². The fourth-order valence-corrected chi connectivity index (χ4v) is 2.07. The van der Waals surface area contributed by atoms with E-state index < -0.39 is 0 Å². The predicted molar refractivity (Wildman–Crippen MR) is 63.7 cm³/mol. The molecule has 86 valence electrons. The highest BCUT2D eigenvalue weighted by Gasteiger charge is 2.22. The fraction of sp³-hybridized carbons (Fsp3) is 0.231. The molecule has 0 atom stereocenters. The molecular formula is C13H12N2O2. The molecule has 0 saturated carbocycles. The van der Waals surface area contributed by atoms with Gasteiger partial charge in [-0.2, -0.15) is 5.10 Å². The first-order valence-electron chi connectivity index (χ1n) is 5.57. The SMILES string of the molecule is Cn1nc(C(=O)C2=CCCO2)c2ccccc21. The molecule has 3 rings (SSSR count). The number of rotatable bonds is 2. The van der Waals surface area contributed by atoms with E-state index in [1.54, 1.807) is 4.68 Å². The van der Waals surface area contributed by atoms with E-state index in [2.05, 4.69) is 5.10 Å². The summed E-state index contributed by atoms with van der Waals surface area (Å²) in [7, 11) is 1.84. The number of Topliss-reactive ketones (excluding diaryl/α,β-unsaturated/α-hetero) is 1. The number of fused-ring (bicyclic) bond motifs is 1. The van der Waals surface area contributed by atoms with Gasteiger partial charge in [-0.1, -0.05) is 18.2 Å². The number of hydrogen-bond donors (Lipinski definition) is 0. The monoisotopic (exact) mass is 228 g/mol. The molecule has 1 aromatic heterocycles. The van der Waals surface area contributed by atoms with Gasteiger partial charge in [-0.15, -0.1) is 0 Å². The summed E-state index contributed by atoms with van der Waals surface area (Å²) in [5.41, 5.74) is 1.42. The lowest BCUT2D eigenvalue weighted by Crippen LogP contribution is -2.06. The number of allylic oxidation sites excluding steroid dienone is 1. The van der Waals surface area contributed by atoms with E-state index >= 15 is 0 Å². The second-order valence-electron chi connectivity index (χ2n) is 4.02. The summed E-state index contributed by atoms with van der Waals surface area (Å²) in [6, 6.07) is 7.70. The van der Waals surface area contributed by atoms with Crippen LogP contribution in [0.25, 0.3) is 10.9 Å². The third-order valence-corrected chi connectivity index (χ3v) is 2.90. The van der Waals surface area contributed by atoms with Crippen molar-refractivity contribution >= 4 is 16.7 Å². The van der Waals surface area contributed by atoms with Crippen LogP contribution in [-0.2, 0) is 11.8 Å². The summed E-state index contributed by atoms with van der Waals surface area (Å²) in [5.74, 6) is 0.299. The lowest BCUT2D eigenvalue weighted by molar-refractivity contribution is 0.0938. The fourth-order valence-electron chi connectivity index (χ4n) is 2.07. The lowest BCUT2D eigenvalue weighted by Gasteiger charge is -1.99. The third-order valence-electron chi connectivity index (χ3n) is 2.90. The van der Waals surface area contributed by atoms with Gasteiger partial charge >= 0.3 is 0 Å². The first kappa shape index (κ1) is 10.1. The van der Waals surface area contributed by atoms with Crippen molar-refractivity contribution < 1.29 is 9.53 Å². The molecule has 1 aliphatic heterocycles. The molecule has 1 aliphatic rings. The van der Waals surface area contributed by atoms with Crippen molar-refractivity contribution in [2.45, 2.75) is 6.42 Å². The molecule has 0 amide bonds. The van der Waals surface area contributed by atoms with Gasteiger partial charge < -0.3 is 4.74 Å². The number of carbonyl (C=O) groups is 1. The molecule has 1 aromatic carbocycles. The zero-order valence-corrected chi connectivity index (χ0v) is 9.51. The smallest absolute Gasteiger partial charge is 0.248 e. The molecule has 0 aliphatic carbocycles. The zero-order valence-electron chi connectivity index (χ0n) is 9.51. The second kappa shape index (κ2) is 3.73. The Labute approximate surface area is 98.5 Å². The van der Waals surface area contributed by atoms with E-state index in [1.165, 1.54) is 0 Å². The molecule has 0 unspecified atom stereocenters. The van der Waals surface area contributed by atoms with Gasteiger partial charge in [0.2, 0.25) is 5.78 Å². The van der Waals surface area contributed by atoms with Gasteiger partial charge in [-0.3, -0.25) is 9.48 Å². The van der Waals surface area contributed by atoms with Crippen molar-refractivity contribution in [1.29, 1.82) is 0 Å². The standard InChI is InChI=1S/C13H12N2O2/c1-15-10-6-3-2-5-9(10)12(14-15)13(16)11-7-4-8-17-11/h2-3,5-7H,4,8H2,1H3.